The molecule has 8 heteroatoms. The third-order valence-electron chi connectivity index (χ3n) is 2.49. The topological polar surface area (TPSA) is 102 Å². The van der Waals surface area contributed by atoms with Gasteiger partial charge in [0.1, 0.15) is 6.20 Å². The lowest BCUT2D eigenvalue weighted by atomic mass is 10.1. The summed E-state index contributed by atoms with van der Waals surface area (Å²) in [6.07, 6.45) is 1.39. The summed E-state index contributed by atoms with van der Waals surface area (Å²) in [5.41, 5.74) is 0.520. The molecule has 1 aromatic heterocycles. The standard InChI is InChI=1S/C12H10N4O3S/c1-13-10(17)7-4-2-3-5-8(7)11(18)15-12-14-6-9(16-19)20-12/h2-6H,1H3,(H,13,17)(H,14,15,18)/p+1. The Kier molecular flexibility index (Phi) is 4.16. The maximum atomic E-state index is 12.1. The number of aromatic nitrogens is 1. The van der Waals surface area contributed by atoms with E-state index < -0.39 is 5.91 Å². The van der Waals surface area contributed by atoms with Crippen LogP contribution in [0, 0.1) is 4.91 Å². The molecule has 0 saturated carbocycles. The Labute approximate surface area is 118 Å². The Balaban J connectivity index is 2.25. The Hall–Kier alpha value is -2.61. The maximum absolute atomic E-state index is 12.1. The molecule has 20 heavy (non-hydrogen) atoms. The average molecular weight is 291 g/mol. The number of carbonyl (C=O) groups is 2. The van der Waals surface area contributed by atoms with E-state index in [1.54, 1.807) is 24.3 Å². The van der Waals surface area contributed by atoms with Gasteiger partial charge in [0, 0.05) is 7.05 Å². The summed E-state index contributed by atoms with van der Waals surface area (Å²) in [4.78, 5) is 36.9. The van der Waals surface area contributed by atoms with E-state index in [-0.39, 0.29) is 22.0 Å². The maximum Gasteiger partial charge on any atom is 0.341 e. The fourth-order valence-electron chi connectivity index (χ4n) is 1.58. The first-order chi connectivity index (χ1) is 9.65. The van der Waals surface area contributed by atoms with Crippen molar-refractivity contribution in [3.8, 4) is 0 Å². The molecule has 0 spiro atoms. The number of nitrogens with one attached hydrogen (secondary N) is 3. The minimum atomic E-state index is -0.445. The first-order valence-electron chi connectivity index (χ1n) is 5.63. The lowest BCUT2D eigenvalue weighted by molar-refractivity contribution is -0.353. The third kappa shape index (κ3) is 2.86. The van der Waals surface area contributed by atoms with Crippen LogP contribution >= 0.6 is 11.3 Å². The number of rotatable bonds is 4. The van der Waals surface area contributed by atoms with Crippen molar-refractivity contribution in [3.05, 3.63) is 46.5 Å². The number of H-pyrrole nitrogens is 1. The number of thiazole rings is 1. The highest BCUT2D eigenvalue weighted by Crippen LogP contribution is 2.22. The van der Waals surface area contributed by atoms with Gasteiger partial charge in [-0.1, -0.05) is 12.1 Å². The van der Waals surface area contributed by atoms with E-state index in [2.05, 4.69) is 20.8 Å². The van der Waals surface area contributed by atoms with Crippen LogP contribution in [0.25, 0.3) is 0 Å². The molecule has 0 aliphatic rings. The second-order valence-electron chi connectivity index (χ2n) is 3.73. The van der Waals surface area contributed by atoms with E-state index in [4.69, 9.17) is 0 Å². The van der Waals surface area contributed by atoms with Crippen LogP contribution in [0.2, 0.25) is 0 Å². The van der Waals surface area contributed by atoms with Crippen molar-refractivity contribution in [3.63, 3.8) is 0 Å². The molecule has 0 fully saturated rings. The van der Waals surface area contributed by atoms with Gasteiger partial charge in [0.05, 0.1) is 11.1 Å². The van der Waals surface area contributed by atoms with Gasteiger partial charge in [-0.25, -0.2) is 9.78 Å². The summed E-state index contributed by atoms with van der Waals surface area (Å²) in [6, 6.07) is 6.45. The largest absolute Gasteiger partial charge is 0.355 e. The summed E-state index contributed by atoms with van der Waals surface area (Å²) in [5, 5.41) is 8.40. The minimum absolute atomic E-state index is 0.222. The first-order valence-corrected chi connectivity index (χ1v) is 6.44. The number of benzene rings is 1. The Bertz CT molecular complexity index is 668. The number of nitroso groups, excluding NO2 is 1. The van der Waals surface area contributed by atoms with Gasteiger partial charge in [0.15, 0.2) is 0 Å². The van der Waals surface area contributed by atoms with Gasteiger partial charge in [-0.15, -0.1) is 4.91 Å². The zero-order valence-electron chi connectivity index (χ0n) is 10.5. The fourth-order valence-corrected chi connectivity index (χ4v) is 2.21. The van der Waals surface area contributed by atoms with E-state index in [0.717, 1.165) is 11.3 Å². The average Bonchev–Trinajstić information content (AvgIpc) is 2.94. The highest BCUT2D eigenvalue weighted by atomic mass is 32.1. The van der Waals surface area contributed by atoms with Gasteiger partial charge in [0.25, 0.3) is 5.91 Å². The Morgan fingerprint density at radius 2 is 1.85 bits per heavy atom. The van der Waals surface area contributed by atoms with Gasteiger partial charge in [0.2, 0.25) is 5.00 Å². The van der Waals surface area contributed by atoms with Crippen LogP contribution in [0.3, 0.4) is 0 Å². The van der Waals surface area contributed by atoms with Crippen LogP contribution in [-0.4, -0.2) is 18.9 Å². The summed E-state index contributed by atoms with van der Waals surface area (Å²) < 4.78 is 0. The molecule has 0 aliphatic heterocycles. The van der Waals surface area contributed by atoms with E-state index in [9.17, 15) is 14.5 Å². The molecule has 7 nitrogen and oxygen atoms in total. The van der Waals surface area contributed by atoms with Gasteiger partial charge in [-0.05, 0) is 28.6 Å². The fraction of sp³-hybridized carbons (Fsp3) is 0.0833. The highest BCUT2D eigenvalue weighted by molar-refractivity contribution is 7.18. The lowest BCUT2D eigenvalue weighted by Gasteiger charge is -2.04. The number of aromatic amines is 1. The molecule has 3 N–H and O–H groups in total. The van der Waals surface area contributed by atoms with Crippen molar-refractivity contribution in [1.82, 2.24) is 5.32 Å². The van der Waals surface area contributed by atoms with Gasteiger partial charge >= 0.3 is 11.0 Å². The normalized spacial score (nSPS) is 9.85. The summed E-state index contributed by atoms with van der Waals surface area (Å²) in [7, 11) is 1.49. The zero-order chi connectivity index (χ0) is 14.5. The molecule has 1 aromatic carbocycles. The van der Waals surface area contributed by atoms with Crippen LogP contribution < -0.4 is 15.6 Å². The minimum Gasteiger partial charge on any atom is -0.355 e. The third-order valence-corrected chi connectivity index (χ3v) is 3.32. The Morgan fingerprint density at radius 1 is 1.20 bits per heavy atom. The number of carbonyl (C=O) groups excluding carboxylic acids is 2. The lowest BCUT2D eigenvalue weighted by Crippen LogP contribution is -2.24. The molecule has 0 atom stereocenters. The number of anilines is 1. The van der Waals surface area contributed by atoms with Crippen LogP contribution in [0.4, 0.5) is 10.1 Å². The van der Waals surface area contributed by atoms with Gasteiger partial charge in [-0.2, -0.15) is 5.32 Å². The predicted octanol–water partition coefficient (Wildman–Crippen LogP) is 1.57. The van der Waals surface area contributed by atoms with E-state index in [0.29, 0.717) is 5.13 Å². The quantitative estimate of drug-likeness (QED) is 0.836. The van der Waals surface area contributed by atoms with Crippen molar-refractivity contribution in [2.45, 2.75) is 0 Å². The van der Waals surface area contributed by atoms with Crippen LogP contribution in [0.15, 0.2) is 35.6 Å². The number of amides is 2. The van der Waals surface area contributed by atoms with Crippen LogP contribution in [0.1, 0.15) is 20.7 Å². The molecule has 0 unspecified atom stereocenters. The van der Waals surface area contributed by atoms with Gasteiger partial charge in [-0.3, -0.25) is 4.79 Å². The molecule has 102 valence electrons. The molecular formula is C12H11N4O3S+. The van der Waals surface area contributed by atoms with E-state index in [1.807, 2.05) is 0 Å². The van der Waals surface area contributed by atoms with Gasteiger partial charge < -0.3 is 5.32 Å². The monoisotopic (exact) mass is 291 g/mol. The van der Waals surface area contributed by atoms with Crippen molar-refractivity contribution >= 4 is 33.3 Å². The van der Waals surface area contributed by atoms with Crippen molar-refractivity contribution in [2.24, 2.45) is 5.18 Å². The van der Waals surface area contributed by atoms with Crippen LogP contribution in [0.5, 0.6) is 0 Å². The molecule has 2 rings (SSSR count). The molecule has 2 amide bonds. The van der Waals surface area contributed by atoms with Crippen LogP contribution in [-0.2, 0) is 0 Å². The molecule has 0 radical (unpaired) electrons. The van der Waals surface area contributed by atoms with Crippen molar-refractivity contribution < 1.29 is 14.6 Å². The summed E-state index contributed by atoms with van der Waals surface area (Å²) in [5.74, 6) is -0.791. The van der Waals surface area contributed by atoms with Crippen molar-refractivity contribution in [2.75, 3.05) is 12.4 Å². The number of nitrogens with zero attached hydrogens (tertiary/aromatic N) is 1. The molecule has 2 aromatic rings. The zero-order valence-corrected chi connectivity index (χ0v) is 11.3. The molecule has 0 bridgehead atoms. The molecule has 0 saturated heterocycles. The number of hydrogen-bond donors (Lipinski definition) is 2. The predicted molar refractivity (Wildman–Crippen MR) is 74.1 cm³/mol. The smallest absolute Gasteiger partial charge is 0.341 e. The highest BCUT2D eigenvalue weighted by Gasteiger charge is 2.21. The summed E-state index contributed by atoms with van der Waals surface area (Å²) >= 11 is 1.01. The number of hydrogen-bond acceptors (Lipinski definition) is 5. The second kappa shape index (κ2) is 6.02. The molecular weight excluding hydrogens is 280 g/mol. The molecule has 1 heterocycles. The van der Waals surface area contributed by atoms with E-state index >= 15 is 0 Å². The van der Waals surface area contributed by atoms with E-state index in [1.165, 1.54) is 13.2 Å². The SMILES string of the molecule is CNC(=O)c1ccccc1C(=O)Nc1[nH+]cc(N=O)s1. The second-order valence-corrected chi connectivity index (χ2v) is 4.76. The summed E-state index contributed by atoms with van der Waals surface area (Å²) in [6.45, 7) is 0. The Morgan fingerprint density at radius 3 is 2.40 bits per heavy atom. The molecule has 0 aliphatic carbocycles. The first kappa shape index (κ1) is 13.8. The van der Waals surface area contributed by atoms with Crippen molar-refractivity contribution in [1.29, 1.82) is 0 Å².